The Labute approximate surface area is 164 Å². The highest BCUT2D eigenvalue weighted by Gasteiger charge is 2.14. The smallest absolute Gasteiger partial charge is 0.204 e. The van der Waals surface area contributed by atoms with E-state index in [2.05, 4.69) is 4.99 Å². The van der Waals surface area contributed by atoms with Crippen molar-refractivity contribution in [1.82, 2.24) is 9.47 Å². The zero-order chi connectivity index (χ0) is 18.6. The maximum Gasteiger partial charge on any atom is 0.204 e. The zero-order valence-corrected chi connectivity index (χ0v) is 17.8. The molecule has 0 aliphatic carbocycles. The van der Waals surface area contributed by atoms with E-state index >= 15 is 0 Å². The number of thiocarbonyl (C=S) groups is 1. The molecule has 10 heteroatoms. The van der Waals surface area contributed by atoms with Crippen molar-refractivity contribution in [3.63, 3.8) is 0 Å². The van der Waals surface area contributed by atoms with Crippen LogP contribution in [0, 0.1) is 3.95 Å². The molecule has 0 atom stereocenters. The Kier molecular flexibility index (Phi) is 6.94. The number of ether oxygens (including phenoxy) is 3. The second-order valence-electron chi connectivity index (χ2n) is 5.12. The molecule has 25 heavy (non-hydrogen) atoms. The summed E-state index contributed by atoms with van der Waals surface area (Å²) in [7, 11) is 11.5. The van der Waals surface area contributed by atoms with E-state index in [1.807, 2.05) is 30.8 Å². The van der Waals surface area contributed by atoms with E-state index in [4.69, 9.17) is 38.6 Å². The monoisotopic (exact) mass is 417 g/mol. The number of aromatic nitrogens is 1. The van der Waals surface area contributed by atoms with Crippen molar-refractivity contribution >= 4 is 50.2 Å². The van der Waals surface area contributed by atoms with Crippen molar-refractivity contribution in [3.05, 3.63) is 26.5 Å². The van der Waals surface area contributed by atoms with Gasteiger partial charge in [-0.05, 0) is 62.8 Å². The summed E-state index contributed by atoms with van der Waals surface area (Å²) in [5.41, 5.74) is 0.962. The molecule has 0 saturated heterocycles. The summed E-state index contributed by atoms with van der Waals surface area (Å²) < 4.78 is 18.9. The van der Waals surface area contributed by atoms with Gasteiger partial charge in [-0.3, -0.25) is 4.57 Å². The van der Waals surface area contributed by atoms with E-state index in [1.165, 1.54) is 20.7 Å². The third-order valence-electron chi connectivity index (χ3n) is 3.28. The highest BCUT2D eigenvalue weighted by Crippen LogP contribution is 2.38. The van der Waals surface area contributed by atoms with E-state index < -0.39 is 0 Å². The van der Waals surface area contributed by atoms with E-state index in [0.717, 1.165) is 14.3 Å². The van der Waals surface area contributed by atoms with E-state index in [1.54, 1.807) is 26.2 Å². The second kappa shape index (κ2) is 8.75. The average Bonchev–Trinajstić information content (AvgIpc) is 2.93. The van der Waals surface area contributed by atoms with Crippen LogP contribution in [0.15, 0.2) is 17.1 Å². The van der Waals surface area contributed by atoms with Crippen molar-refractivity contribution in [3.8, 4) is 17.2 Å². The fourth-order valence-corrected chi connectivity index (χ4v) is 4.61. The first kappa shape index (κ1) is 19.8. The van der Waals surface area contributed by atoms with Crippen LogP contribution in [-0.4, -0.2) is 50.0 Å². The first-order valence-electron chi connectivity index (χ1n) is 7.16. The summed E-state index contributed by atoms with van der Waals surface area (Å²) in [5, 5.41) is 0.502. The summed E-state index contributed by atoms with van der Waals surface area (Å²) in [6.07, 6.45) is 0. The molecule has 0 N–H and O–H groups in total. The molecule has 1 heterocycles. The Hall–Kier alpha value is -1.49. The van der Waals surface area contributed by atoms with Crippen LogP contribution in [0.3, 0.4) is 0 Å². The Morgan fingerprint density at radius 2 is 1.72 bits per heavy atom. The topological polar surface area (TPSA) is 48.2 Å². The van der Waals surface area contributed by atoms with E-state index in [9.17, 15) is 0 Å². The predicted molar refractivity (Wildman–Crippen MR) is 108 cm³/mol. The molecule has 2 rings (SSSR count). The molecule has 6 nitrogen and oxygen atoms in total. The SMILES string of the molecule is COc1cc(Cn2c(=S)ss/c2=N\C(=S)N(C)C)cc(OC)c1OC. The van der Waals surface area contributed by atoms with Gasteiger partial charge in [0.25, 0.3) is 0 Å². The largest absolute Gasteiger partial charge is 0.493 e. The van der Waals surface area contributed by atoms with Crippen molar-refractivity contribution in [1.29, 1.82) is 0 Å². The number of methoxy groups -OCH3 is 3. The lowest BCUT2D eigenvalue weighted by Crippen LogP contribution is -2.23. The minimum Gasteiger partial charge on any atom is -0.493 e. The maximum atomic E-state index is 5.45. The molecule has 0 unspecified atom stereocenters. The van der Waals surface area contributed by atoms with Crippen molar-refractivity contribution in [2.24, 2.45) is 4.99 Å². The van der Waals surface area contributed by atoms with Crippen molar-refractivity contribution in [2.75, 3.05) is 35.4 Å². The molecular weight excluding hydrogens is 398 g/mol. The minimum atomic E-state index is 0.502. The van der Waals surface area contributed by atoms with Gasteiger partial charge in [-0.15, -0.1) is 0 Å². The Morgan fingerprint density at radius 1 is 1.12 bits per heavy atom. The lowest BCUT2D eigenvalue weighted by Gasteiger charge is -2.14. The molecule has 136 valence electrons. The van der Waals surface area contributed by atoms with Crippen LogP contribution in [0.2, 0.25) is 0 Å². The molecule has 0 fully saturated rings. The first-order valence-corrected chi connectivity index (χ1v) is 10.1. The summed E-state index contributed by atoms with van der Waals surface area (Å²) in [6.45, 7) is 0.532. The summed E-state index contributed by atoms with van der Waals surface area (Å²) >= 11 is 10.7. The van der Waals surface area contributed by atoms with Gasteiger partial charge in [0, 0.05) is 14.1 Å². The molecule has 1 aromatic carbocycles. The van der Waals surface area contributed by atoms with Gasteiger partial charge in [-0.25, -0.2) is 0 Å². The lowest BCUT2D eigenvalue weighted by atomic mass is 10.2. The van der Waals surface area contributed by atoms with Gasteiger partial charge in [-0.2, -0.15) is 4.99 Å². The van der Waals surface area contributed by atoms with Crippen molar-refractivity contribution in [2.45, 2.75) is 6.54 Å². The van der Waals surface area contributed by atoms with Crippen LogP contribution in [0.25, 0.3) is 0 Å². The third kappa shape index (κ3) is 4.57. The van der Waals surface area contributed by atoms with Gasteiger partial charge in [0.15, 0.2) is 20.6 Å². The molecule has 0 aliphatic heterocycles. The predicted octanol–water partition coefficient (Wildman–Crippen LogP) is 3.16. The van der Waals surface area contributed by atoms with E-state index in [0.29, 0.717) is 28.9 Å². The van der Waals surface area contributed by atoms with Gasteiger partial charge < -0.3 is 19.1 Å². The molecule has 0 amide bonds. The standard InChI is InChI=1S/C15H19N3O3S4/c1-17(2)13(22)16-14-18(15(23)25-24-14)8-9-6-10(19-3)12(21-5)11(7-9)20-4/h6-7H,8H2,1-5H3/b16-14-. The number of rotatable bonds is 5. The number of nitrogens with zero attached hydrogens (tertiary/aromatic N) is 3. The quantitative estimate of drug-likeness (QED) is 0.550. The van der Waals surface area contributed by atoms with Gasteiger partial charge in [0.1, 0.15) is 0 Å². The first-order chi connectivity index (χ1) is 11.9. The van der Waals surface area contributed by atoms with E-state index in [-0.39, 0.29) is 0 Å². The summed E-state index contributed by atoms with van der Waals surface area (Å²) in [5.74, 6) is 1.76. The van der Waals surface area contributed by atoms with Crippen LogP contribution < -0.4 is 19.0 Å². The Morgan fingerprint density at radius 3 is 2.20 bits per heavy atom. The van der Waals surface area contributed by atoms with Gasteiger partial charge in [0.2, 0.25) is 10.6 Å². The fourth-order valence-electron chi connectivity index (χ4n) is 2.04. The number of hydrogen-bond acceptors (Lipinski definition) is 7. The van der Waals surface area contributed by atoms with Crippen LogP contribution in [0.5, 0.6) is 17.2 Å². The third-order valence-corrected chi connectivity index (χ3v) is 6.60. The van der Waals surface area contributed by atoms with Crippen LogP contribution in [0.4, 0.5) is 0 Å². The molecule has 1 aromatic heterocycles. The minimum absolute atomic E-state index is 0.502. The van der Waals surface area contributed by atoms with Crippen LogP contribution >= 0.6 is 45.1 Å². The number of hydrogen-bond donors (Lipinski definition) is 0. The maximum absolute atomic E-state index is 5.45. The normalized spacial score (nSPS) is 11.3. The zero-order valence-electron chi connectivity index (χ0n) is 14.6. The summed E-state index contributed by atoms with van der Waals surface area (Å²) in [4.78, 5) is 7.04. The molecule has 2 aromatic rings. The summed E-state index contributed by atoms with van der Waals surface area (Å²) in [6, 6.07) is 3.80. The van der Waals surface area contributed by atoms with Gasteiger partial charge >= 0.3 is 0 Å². The fraction of sp³-hybridized carbons (Fsp3) is 0.400. The highest BCUT2D eigenvalue weighted by atomic mass is 32.9. The molecule has 0 saturated carbocycles. The molecule has 0 aliphatic rings. The van der Waals surface area contributed by atoms with Gasteiger partial charge in [-0.1, -0.05) is 0 Å². The van der Waals surface area contributed by atoms with Crippen molar-refractivity contribution < 1.29 is 14.2 Å². The Balaban J connectivity index is 2.49. The molecule has 0 radical (unpaired) electrons. The average molecular weight is 418 g/mol. The molecule has 0 spiro atoms. The molecular formula is C15H19N3O3S4. The van der Waals surface area contributed by atoms with Gasteiger partial charge in [0.05, 0.1) is 27.9 Å². The second-order valence-corrected chi connectivity index (χ2v) is 8.22. The number of benzene rings is 1. The van der Waals surface area contributed by atoms with Crippen LogP contribution in [0.1, 0.15) is 5.56 Å². The lowest BCUT2D eigenvalue weighted by molar-refractivity contribution is 0.323. The highest BCUT2D eigenvalue weighted by molar-refractivity contribution is 7.80. The Bertz CT molecular complexity index is 858. The molecule has 0 bridgehead atoms. The van der Waals surface area contributed by atoms with Crippen LogP contribution in [-0.2, 0) is 6.54 Å².